The third-order valence-corrected chi connectivity index (χ3v) is 5.29. The predicted octanol–water partition coefficient (Wildman–Crippen LogP) is 1.82. The molecule has 1 N–H and O–H groups in total. The lowest BCUT2D eigenvalue weighted by molar-refractivity contribution is -0.299. The van der Waals surface area contributed by atoms with Crippen molar-refractivity contribution < 1.29 is 57.5 Å². The fraction of sp³-hybridized carbons (Fsp3) is 0.435. The van der Waals surface area contributed by atoms with Crippen LogP contribution in [0.3, 0.4) is 0 Å². The van der Waals surface area contributed by atoms with Gasteiger partial charge in [0.1, 0.15) is 12.7 Å². The summed E-state index contributed by atoms with van der Waals surface area (Å²) in [6, 6.07) is 6.81. The first kappa shape index (κ1) is 29.0. The molecule has 0 spiro atoms. The Labute approximate surface area is 219 Å². The fourth-order valence-electron chi connectivity index (χ4n) is 3.27. The average Bonchev–Trinajstić information content (AvgIpc) is 2.76. The molecule has 12 nitrogen and oxygen atoms in total. The van der Waals surface area contributed by atoms with Crippen LogP contribution in [-0.4, -0.2) is 72.3 Å². The monoisotopic (exact) mass is 620 g/mol. The second kappa shape index (κ2) is 13.2. The van der Waals surface area contributed by atoms with Gasteiger partial charge in [0.2, 0.25) is 18.2 Å². The lowest BCUT2D eigenvalue weighted by atomic mass is 9.98. The molecule has 0 unspecified atom stereocenters. The molecular weight excluding hydrogens is 595 g/mol. The van der Waals surface area contributed by atoms with Crippen molar-refractivity contribution in [2.75, 3.05) is 6.61 Å². The predicted molar refractivity (Wildman–Crippen MR) is 128 cm³/mol. The molecule has 1 aromatic carbocycles. The van der Waals surface area contributed by atoms with E-state index in [1.807, 2.05) is 0 Å². The lowest BCUT2D eigenvalue weighted by Crippen LogP contribution is -2.63. The van der Waals surface area contributed by atoms with Gasteiger partial charge < -0.3 is 33.5 Å². The molecule has 196 valence electrons. The van der Waals surface area contributed by atoms with Gasteiger partial charge in [-0.1, -0.05) is 12.1 Å². The Morgan fingerprint density at radius 3 is 1.86 bits per heavy atom. The minimum atomic E-state index is -1.66. The second-order valence-corrected chi connectivity index (χ2v) is 8.80. The molecule has 36 heavy (non-hydrogen) atoms. The topological polar surface area (TPSA) is 161 Å². The van der Waals surface area contributed by atoms with Crippen LogP contribution < -0.4 is 0 Å². The highest BCUT2D eigenvalue weighted by Gasteiger charge is 2.53. The first-order valence-corrected chi connectivity index (χ1v) is 11.6. The van der Waals surface area contributed by atoms with E-state index in [1.54, 1.807) is 24.3 Å². The number of aliphatic carboxylic acids is 1. The van der Waals surface area contributed by atoms with Crippen molar-refractivity contribution in [3.8, 4) is 0 Å². The molecule has 1 aliphatic heterocycles. The highest BCUT2D eigenvalue weighted by atomic mass is 127. The molecular formula is C23H25IO12. The van der Waals surface area contributed by atoms with E-state index in [2.05, 4.69) is 22.6 Å². The summed E-state index contributed by atoms with van der Waals surface area (Å²) < 4.78 is 33.1. The van der Waals surface area contributed by atoms with Crippen molar-refractivity contribution >= 4 is 58.5 Å². The smallest absolute Gasteiger partial charge is 0.371 e. The van der Waals surface area contributed by atoms with Gasteiger partial charge in [0.25, 0.3) is 0 Å². The third-order valence-electron chi connectivity index (χ3n) is 4.57. The summed E-state index contributed by atoms with van der Waals surface area (Å²) in [7, 11) is 0. The van der Waals surface area contributed by atoms with E-state index < -0.39 is 72.9 Å². The SMILES string of the molecule is CC(=O)OC[C@@H]1O[C@H](O/C(=C\c2ccc(I)cc2)C(=O)O)[C@@H](OC(C)=O)[C@H](OC(C)=O)[C@@H]1OC(C)=O. The number of carboxylic acid groups (broad SMARTS) is 1. The molecule has 0 amide bonds. The summed E-state index contributed by atoms with van der Waals surface area (Å²) in [4.78, 5) is 58.9. The Kier molecular flexibility index (Phi) is 10.6. The standard InChI is InChI=1S/C23H25IO12/c1-11(25)31-10-18-19(32-12(2)26)20(33-13(3)27)21(34-14(4)28)23(36-18)35-17(22(29)30)9-15-5-7-16(24)8-6-15/h5-9,18-21,23H,10H2,1-4H3,(H,29,30)/b17-9-/t18-,19+,20+,21-,23-/m0/s1. The molecule has 0 saturated carbocycles. The molecule has 0 aliphatic carbocycles. The van der Waals surface area contributed by atoms with Gasteiger partial charge in [-0.15, -0.1) is 0 Å². The van der Waals surface area contributed by atoms with Crippen LogP contribution in [0.4, 0.5) is 0 Å². The minimum absolute atomic E-state index is 0.471. The number of carbonyl (C=O) groups excluding carboxylic acids is 4. The van der Waals surface area contributed by atoms with Crippen LogP contribution in [0.15, 0.2) is 30.0 Å². The Morgan fingerprint density at radius 1 is 0.833 bits per heavy atom. The van der Waals surface area contributed by atoms with Crippen molar-refractivity contribution in [1.29, 1.82) is 0 Å². The van der Waals surface area contributed by atoms with Crippen LogP contribution >= 0.6 is 22.6 Å². The van der Waals surface area contributed by atoms with Crippen molar-refractivity contribution in [2.45, 2.75) is 58.4 Å². The van der Waals surface area contributed by atoms with Gasteiger partial charge in [0, 0.05) is 31.3 Å². The molecule has 1 aliphatic rings. The number of halogens is 1. The van der Waals surface area contributed by atoms with Gasteiger partial charge in [0.15, 0.2) is 12.2 Å². The Bertz CT molecular complexity index is 1020. The van der Waals surface area contributed by atoms with E-state index in [0.717, 1.165) is 31.3 Å². The van der Waals surface area contributed by atoms with E-state index >= 15 is 0 Å². The molecule has 1 aromatic rings. The number of benzene rings is 1. The maximum atomic E-state index is 12.0. The number of esters is 4. The van der Waals surface area contributed by atoms with Gasteiger partial charge in [0.05, 0.1) is 0 Å². The van der Waals surface area contributed by atoms with Crippen LogP contribution in [0.2, 0.25) is 0 Å². The largest absolute Gasteiger partial charge is 0.475 e. The molecule has 0 radical (unpaired) electrons. The van der Waals surface area contributed by atoms with E-state index in [-0.39, 0.29) is 0 Å². The zero-order chi connectivity index (χ0) is 27.0. The van der Waals surface area contributed by atoms with Crippen molar-refractivity contribution in [1.82, 2.24) is 0 Å². The van der Waals surface area contributed by atoms with Crippen molar-refractivity contribution in [3.63, 3.8) is 0 Å². The number of hydrogen-bond donors (Lipinski definition) is 1. The Hall–Kier alpha value is -3.20. The summed E-state index contributed by atoms with van der Waals surface area (Å²) in [6.07, 6.45) is -6.13. The number of carbonyl (C=O) groups is 5. The summed E-state index contributed by atoms with van der Waals surface area (Å²) in [6.45, 7) is 3.88. The molecule has 0 aromatic heterocycles. The van der Waals surface area contributed by atoms with Crippen LogP contribution in [0.25, 0.3) is 6.08 Å². The number of rotatable bonds is 9. The van der Waals surface area contributed by atoms with Gasteiger partial charge in [-0.3, -0.25) is 19.2 Å². The van der Waals surface area contributed by atoms with E-state index in [9.17, 15) is 29.1 Å². The molecule has 0 bridgehead atoms. The van der Waals surface area contributed by atoms with Gasteiger partial charge in [-0.05, 0) is 46.4 Å². The van der Waals surface area contributed by atoms with Crippen LogP contribution in [0.1, 0.15) is 33.3 Å². The molecule has 13 heteroatoms. The van der Waals surface area contributed by atoms with E-state index in [0.29, 0.717) is 5.56 Å². The molecule has 1 heterocycles. The average molecular weight is 620 g/mol. The fourth-order valence-corrected chi connectivity index (χ4v) is 3.62. The highest BCUT2D eigenvalue weighted by molar-refractivity contribution is 14.1. The minimum Gasteiger partial charge on any atom is -0.475 e. The Morgan fingerprint density at radius 2 is 1.36 bits per heavy atom. The van der Waals surface area contributed by atoms with Crippen LogP contribution in [-0.2, 0) is 52.4 Å². The zero-order valence-electron chi connectivity index (χ0n) is 19.8. The Balaban J connectivity index is 2.52. The number of hydrogen-bond acceptors (Lipinski definition) is 11. The van der Waals surface area contributed by atoms with Crippen molar-refractivity contribution in [3.05, 3.63) is 39.2 Å². The number of ether oxygens (including phenoxy) is 6. The maximum Gasteiger partial charge on any atom is 0.371 e. The van der Waals surface area contributed by atoms with E-state index in [1.165, 1.54) is 6.08 Å². The molecule has 2 rings (SSSR count). The third kappa shape index (κ3) is 8.78. The summed E-state index contributed by atoms with van der Waals surface area (Å²) in [5.74, 6) is -5.20. The maximum absolute atomic E-state index is 12.0. The molecule has 5 atom stereocenters. The quantitative estimate of drug-likeness (QED) is 0.140. The molecule has 1 saturated heterocycles. The van der Waals surface area contributed by atoms with E-state index in [4.69, 9.17) is 28.4 Å². The van der Waals surface area contributed by atoms with Gasteiger partial charge in [-0.2, -0.15) is 0 Å². The first-order chi connectivity index (χ1) is 16.9. The van der Waals surface area contributed by atoms with Crippen LogP contribution in [0.5, 0.6) is 0 Å². The van der Waals surface area contributed by atoms with Gasteiger partial charge in [-0.25, -0.2) is 4.79 Å². The van der Waals surface area contributed by atoms with Crippen LogP contribution in [0, 0.1) is 3.57 Å². The first-order valence-electron chi connectivity index (χ1n) is 10.5. The summed E-state index contributed by atoms with van der Waals surface area (Å²) in [5.41, 5.74) is 0.485. The summed E-state index contributed by atoms with van der Waals surface area (Å²) in [5, 5.41) is 9.73. The van der Waals surface area contributed by atoms with Crippen molar-refractivity contribution in [2.24, 2.45) is 0 Å². The highest BCUT2D eigenvalue weighted by Crippen LogP contribution is 2.31. The van der Waals surface area contributed by atoms with Gasteiger partial charge >= 0.3 is 29.8 Å². The lowest BCUT2D eigenvalue weighted by Gasteiger charge is -2.43. The molecule has 1 fully saturated rings. The summed E-state index contributed by atoms with van der Waals surface area (Å²) >= 11 is 2.09. The second-order valence-electron chi connectivity index (χ2n) is 7.55. The normalized spacial score (nSPS) is 23.7. The zero-order valence-corrected chi connectivity index (χ0v) is 22.0. The number of carboxylic acids is 1.